The minimum Gasteiger partial charge on any atom is -0.480 e. The van der Waals surface area contributed by atoms with Gasteiger partial charge in [-0.2, -0.15) is 13.2 Å². The molecule has 0 spiro atoms. The van der Waals surface area contributed by atoms with Gasteiger partial charge in [0.2, 0.25) is 0 Å². The number of halogens is 3. The molecule has 24 heavy (non-hydrogen) atoms. The minimum absolute atomic E-state index is 0.167. The number of hydrogen-bond donors (Lipinski definition) is 2. The molecule has 1 amide bonds. The van der Waals surface area contributed by atoms with E-state index in [0.29, 0.717) is 0 Å². The van der Waals surface area contributed by atoms with Crippen LogP contribution >= 0.6 is 0 Å². The Morgan fingerprint density at radius 2 is 1.75 bits per heavy atom. The number of benzene rings is 1. The molecule has 1 heterocycles. The van der Waals surface area contributed by atoms with E-state index in [1.54, 1.807) is 0 Å². The second kappa shape index (κ2) is 7.12. The Morgan fingerprint density at radius 3 is 2.33 bits per heavy atom. The lowest BCUT2D eigenvalue weighted by Gasteiger charge is -2.18. The number of hydrogen-bond acceptors (Lipinski definition) is 3. The molecule has 0 bridgehead atoms. The summed E-state index contributed by atoms with van der Waals surface area (Å²) in [5.74, 6) is -2.12. The summed E-state index contributed by atoms with van der Waals surface area (Å²) >= 11 is 0. The summed E-state index contributed by atoms with van der Waals surface area (Å²) < 4.78 is 39.0. The summed E-state index contributed by atoms with van der Waals surface area (Å²) in [6, 6.07) is 5.92. The van der Waals surface area contributed by atoms with Gasteiger partial charge in [0.05, 0.1) is 5.56 Å². The van der Waals surface area contributed by atoms with Crippen LogP contribution in [0, 0.1) is 0 Å². The quantitative estimate of drug-likeness (QED) is 0.878. The van der Waals surface area contributed by atoms with Gasteiger partial charge in [0.1, 0.15) is 6.04 Å². The van der Waals surface area contributed by atoms with E-state index in [2.05, 4.69) is 10.3 Å². The molecular weight excluding hydrogens is 325 g/mol. The Balaban J connectivity index is 2.22. The van der Waals surface area contributed by atoms with Gasteiger partial charge in [-0.1, -0.05) is 18.2 Å². The van der Waals surface area contributed by atoms with Crippen LogP contribution in [0.3, 0.4) is 0 Å². The molecule has 0 unspecified atom stereocenters. The first-order chi connectivity index (χ1) is 11.3. The summed E-state index contributed by atoms with van der Waals surface area (Å²) in [7, 11) is 0. The van der Waals surface area contributed by atoms with Crippen LogP contribution in [0.2, 0.25) is 0 Å². The SMILES string of the molecule is O=C(N[C@@H](Cc1ccccc1C(F)(F)F)C(=O)O)c1ccncc1. The summed E-state index contributed by atoms with van der Waals surface area (Å²) in [6.45, 7) is 0. The Bertz CT molecular complexity index is 733. The van der Waals surface area contributed by atoms with E-state index in [9.17, 15) is 27.9 Å². The number of rotatable bonds is 5. The monoisotopic (exact) mass is 338 g/mol. The Morgan fingerprint density at radius 1 is 1.12 bits per heavy atom. The van der Waals surface area contributed by atoms with Crippen LogP contribution in [0.15, 0.2) is 48.8 Å². The fourth-order valence-electron chi connectivity index (χ4n) is 2.14. The number of aromatic nitrogens is 1. The van der Waals surface area contributed by atoms with E-state index in [4.69, 9.17) is 0 Å². The molecule has 0 saturated carbocycles. The highest BCUT2D eigenvalue weighted by molar-refractivity contribution is 5.96. The maximum Gasteiger partial charge on any atom is 0.416 e. The topological polar surface area (TPSA) is 79.3 Å². The number of alkyl halides is 3. The van der Waals surface area contributed by atoms with Crippen molar-refractivity contribution in [2.45, 2.75) is 18.6 Å². The predicted molar refractivity (Wildman–Crippen MR) is 78.3 cm³/mol. The van der Waals surface area contributed by atoms with Gasteiger partial charge in [-0.05, 0) is 23.8 Å². The van der Waals surface area contributed by atoms with Crippen molar-refractivity contribution < 1.29 is 27.9 Å². The largest absolute Gasteiger partial charge is 0.480 e. The highest BCUT2D eigenvalue weighted by Gasteiger charge is 2.34. The fourth-order valence-corrected chi connectivity index (χ4v) is 2.14. The third-order valence-corrected chi connectivity index (χ3v) is 3.29. The standard InChI is InChI=1S/C16H13F3N2O3/c17-16(18,19)12-4-2-1-3-11(12)9-13(15(23)24)21-14(22)10-5-7-20-8-6-10/h1-8,13H,9H2,(H,21,22)(H,23,24)/t13-/m0/s1. The van der Waals surface area contributed by atoms with Crippen LogP contribution in [0.25, 0.3) is 0 Å². The Hall–Kier alpha value is -2.90. The molecule has 5 nitrogen and oxygen atoms in total. The molecule has 0 aliphatic carbocycles. The molecular formula is C16H13F3N2O3. The van der Waals surface area contributed by atoms with Crippen LogP contribution in [0.4, 0.5) is 13.2 Å². The number of pyridine rings is 1. The maximum atomic E-state index is 13.0. The van der Waals surface area contributed by atoms with Crippen LogP contribution < -0.4 is 5.32 Å². The lowest BCUT2D eigenvalue weighted by molar-refractivity contribution is -0.141. The van der Waals surface area contributed by atoms with E-state index in [-0.39, 0.29) is 11.1 Å². The third-order valence-electron chi connectivity index (χ3n) is 3.29. The summed E-state index contributed by atoms with van der Waals surface area (Å²) in [5.41, 5.74) is -0.956. The second-order valence-electron chi connectivity index (χ2n) is 4.96. The predicted octanol–water partition coefficient (Wildman–Crippen LogP) is 2.53. The molecule has 126 valence electrons. The fraction of sp³-hybridized carbons (Fsp3) is 0.188. The van der Waals surface area contributed by atoms with Gasteiger partial charge in [-0.15, -0.1) is 0 Å². The number of nitrogens with one attached hydrogen (secondary N) is 1. The number of carboxylic acids is 1. The molecule has 0 aliphatic rings. The number of carbonyl (C=O) groups excluding carboxylic acids is 1. The summed E-state index contributed by atoms with van der Waals surface area (Å²) in [6.07, 6.45) is -2.39. The Labute approximate surface area is 135 Å². The summed E-state index contributed by atoms with van der Waals surface area (Å²) in [4.78, 5) is 27.1. The minimum atomic E-state index is -4.60. The van der Waals surface area contributed by atoms with Gasteiger partial charge in [0.25, 0.3) is 5.91 Å². The van der Waals surface area contributed by atoms with Crippen molar-refractivity contribution in [3.05, 3.63) is 65.5 Å². The zero-order valence-corrected chi connectivity index (χ0v) is 12.2. The first kappa shape index (κ1) is 17.5. The molecule has 0 aliphatic heterocycles. The van der Waals surface area contributed by atoms with Crippen molar-refractivity contribution >= 4 is 11.9 Å². The average molecular weight is 338 g/mol. The highest BCUT2D eigenvalue weighted by Crippen LogP contribution is 2.32. The molecule has 2 rings (SSSR count). The highest BCUT2D eigenvalue weighted by atomic mass is 19.4. The van der Waals surface area contributed by atoms with Crippen molar-refractivity contribution in [3.8, 4) is 0 Å². The summed E-state index contributed by atoms with van der Waals surface area (Å²) in [5, 5.41) is 11.4. The maximum absolute atomic E-state index is 13.0. The van der Waals surface area contributed by atoms with Crippen LogP contribution in [-0.4, -0.2) is 28.0 Å². The van der Waals surface area contributed by atoms with Crippen molar-refractivity contribution in [2.75, 3.05) is 0 Å². The van der Waals surface area contributed by atoms with Crippen molar-refractivity contribution in [1.29, 1.82) is 0 Å². The first-order valence-electron chi connectivity index (χ1n) is 6.88. The molecule has 1 aromatic carbocycles. The van der Waals surface area contributed by atoms with E-state index in [1.807, 2.05) is 0 Å². The van der Waals surface area contributed by atoms with Crippen molar-refractivity contribution in [1.82, 2.24) is 10.3 Å². The van der Waals surface area contributed by atoms with Crippen LogP contribution in [0.1, 0.15) is 21.5 Å². The molecule has 0 saturated heterocycles. The van der Waals surface area contributed by atoms with Gasteiger partial charge >= 0.3 is 12.1 Å². The first-order valence-corrected chi connectivity index (χ1v) is 6.88. The molecule has 2 N–H and O–H groups in total. The Kier molecular flexibility index (Phi) is 5.18. The van der Waals surface area contributed by atoms with E-state index in [0.717, 1.165) is 6.07 Å². The number of nitrogens with zero attached hydrogens (tertiary/aromatic N) is 1. The van der Waals surface area contributed by atoms with E-state index < -0.39 is 36.1 Å². The molecule has 2 aromatic rings. The zero-order valence-electron chi connectivity index (χ0n) is 12.2. The molecule has 0 radical (unpaired) electrons. The van der Waals surface area contributed by atoms with Gasteiger partial charge in [-0.25, -0.2) is 4.79 Å². The van der Waals surface area contributed by atoms with Gasteiger partial charge in [0, 0.05) is 24.4 Å². The molecule has 1 atom stereocenters. The number of aliphatic carboxylic acids is 1. The normalized spacial score (nSPS) is 12.5. The van der Waals surface area contributed by atoms with Gasteiger partial charge < -0.3 is 10.4 Å². The van der Waals surface area contributed by atoms with Crippen molar-refractivity contribution in [3.63, 3.8) is 0 Å². The second-order valence-corrected chi connectivity index (χ2v) is 4.96. The average Bonchev–Trinajstić information content (AvgIpc) is 2.54. The van der Waals surface area contributed by atoms with E-state index in [1.165, 1.54) is 42.7 Å². The number of amides is 1. The van der Waals surface area contributed by atoms with Crippen LogP contribution in [0.5, 0.6) is 0 Å². The smallest absolute Gasteiger partial charge is 0.416 e. The lowest BCUT2D eigenvalue weighted by Crippen LogP contribution is -2.42. The third kappa shape index (κ3) is 4.31. The lowest BCUT2D eigenvalue weighted by atomic mass is 9.99. The number of carboxylic acid groups (broad SMARTS) is 1. The number of carbonyl (C=O) groups is 2. The van der Waals surface area contributed by atoms with E-state index >= 15 is 0 Å². The van der Waals surface area contributed by atoms with Crippen LogP contribution in [-0.2, 0) is 17.4 Å². The molecule has 8 heteroatoms. The van der Waals surface area contributed by atoms with Crippen molar-refractivity contribution in [2.24, 2.45) is 0 Å². The molecule has 1 aromatic heterocycles. The zero-order chi connectivity index (χ0) is 17.7. The van der Waals surface area contributed by atoms with Gasteiger partial charge in [0.15, 0.2) is 0 Å². The van der Waals surface area contributed by atoms with Gasteiger partial charge in [-0.3, -0.25) is 9.78 Å². The molecule has 0 fully saturated rings.